The van der Waals surface area contributed by atoms with Gasteiger partial charge in [0.25, 0.3) is 0 Å². The molecule has 0 fully saturated rings. The molecule has 1 aromatic heterocycles. The maximum Gasteiger partial charge on any atom is 0.228 e. The first kappa shape index (κ1) is 11.0. The van der Waals surface area contributed by atoms with Crippen LogP contribution in [0.15, 0.2) is 24.4 Å². The zero-order chi connectivity index (χ0) is 12.5. The Morgan fingerprint density at radius 3 is 3.11 bits per heavy atom. The zero-order valence-electron chi connectivity index (χ0n) is 9.86. The van der Waals surface area contributed by atoms with E-state index in [1.54, 1.807) is 6.20 Å². The molecule has 2 aromatic rings. The van der Waals surface area contributed by atoms with E-state index >= 15 is 0 Å². The molecule has 18 heavy (non-hydrogen) atoms. The van der Waals surface area contributed by atoms with Crippen molar-refractivity contribution in [2.45, 2.75) is 12.8 Å². The van der Waals surface area contributed by atoms with E-state index in [1.165, 1.54) is 0 Å². The van der Waals surface area contributed by atoms with Crippen LogP contribution < -0.4 is 11.1 Å². The van der Waals surface area contributed by atoms with E-state index in [0.717, 1.165) is 34.5 Å². The maximum atomic E-state index is 11.3. The highest BCUT2D eigenvalue weighted by Crippen LogP contribution is 2.29. The summed E-state index contributed by atoms with van der Waals surface area (Å²) < 4.78 is 0. The number of nitrogens with two attached hydrogens (primary N) is 1. The Morgan fingerprint density at radius 1 is 1.39 bits per heavy atom. The monoisotopic (exact) mass is 242 g/mol. The molecule has 0 aliphatic carbocycles. The molecular formula is C13H14N4O. The second kappa shape index (κ2) is 4.27. The second-order valence-electron chi connectivity index (χ2n) is 4.41. The SMILES string of the molecule is NCCc1cn[nH]c1-c1ccc2c(c1)CC(=O)N2. The number of nitrogens with zero attached hydrogens (tertiary/aromatic N) is 1. The number of amides is 1. The third-order valence-corrected chi connectivity index (χ3v) is 3.15. The average molecular weight is 242 g/mol. The van der Waals surface area contributed by atoms with Crippen LogP contribution in [0.25, 0.3) is 11.3 Å². The summed E-state index contributed by atoms with van der Waals surface area (Å²) in [5.41, 5.74) is 10.7. The first-order valence-corrected chi connectivity index (χ1v) is 5.93. The number of carbonyl (C=O) groups is 1. The van der Waals surface area contributed by atoms with Gasteiger partial charge in [-0.3, -0.25) is 9.89 Å². The molecule has 92 valence electrons. The fourth-order valence-corrected chi connectivity index (χ4v) is 2.29. The Kier molecular flexibility index (Phi) is 2.60. The molecule has 3 rings (SSSR count). The van der Waals surface area contributed by atoms with Gasteiger partial charge in [-0.1, -0.05) is 6.07 Å². The van der Waals surface area contributed by atoms with Gasteiger partial charge in [-0.05, 0) is 36.2 Å². The molecule has 1 aliphatic rings. The minimum atomic E-state index is 0.0499. The third-order valence-electron chi connectivity index (χ3n) is 3.15. The summed E-state index contributed by atoms with van der Waals surface area (Å²) in [6.07, 6.45) is 3.04. The fourth-order valence-electron chi connectivity index (χ4n) is 2.29. The molecule has 4 N–H and O–H groups in total. The molecule has 0 spiro atoms. The van der Waals surface area contributed by atoms with Crippen molar-refractivity contribution in [3.63, 3.8) is 0 Å². The van der Waals surface area contributed by atoms with Crippen LogP contribution >= 0.6 is 0 Å². The van der Waals surface area contributed by atoms with Crippen molar-refractivity contribution in [2.75, 3.05) is 11.9 Å². The molecule has 0 saturated heterocycles. The Morgan fingerprint density at radius 2 is 2.28 bits per heavy atom. The number of H-pyrrole nitrogens is 1. The predicted molar refractivity (Wildman–Crippen MR) is 69.1 cm³/mol. The molecule has 1 amide bonds. The zero-order valence-corrected chi connectivity index (χ0v) is 9.86. The van der Waals surface area contributed by atoms with Crippen molar-refractivity contribution < 1.29 is 4.79 Å². The number of aromatic amines is 1. The Labute approximate surface area is 104 Å². The Hall–Kier alpha value is -2.14. The van der Waals surface area contributed by atoms with Gasteiger partial charge in [-0.25, -0.2) is 0 Å². The highest BCUT2D eigenvalue weighted by Gasteiger charge is 2.18. The summed E-state index contributed by atoms with van der Waals surface area (Å²) in [4.78, 5) is 11.3. The number of benzene rings is 1. The van der Waals surface area contributed by atoms with Gasteiger partial charge in [-0.15, -0.1) is 0 Å². The molecular weight excluding hydrogens is 228 g/mol. The lowest BCUT2D eigenvalue weighted by atomic mass is 10.0. The van der Waals surface area contributed by atoms with Gasteiger partial charge in [0.2, 0.25) is 5.91 Å². The van der Waals surface area contributed by atoms with E-state index < -0.39 is 0 Å². The number of hydrogen-bond donors (Lipinski definition) is 3. The lowest BCUT2D eigenvalue weighted by molar-refractivity contribution is -0.115. The van der Waals surface area contributed by atoms with Crippen LogP contribution in [0.1, 0.15) is 11.1 Å². The topological polar surface area (TPSA) is 83.8 Å². The van der Waals surface area contributed by atoms with Crippen LogP contribution in [0.4, 0.5) is 5.69 Å². The van der Waals surface area contributed by atoms with Crippen molar-refractivity contribution in [1.82, 2.24) is 10.2 Å². The van der Waals surface area contributed by atoms with Gasteiger partial charge in [0.05, 0.1) is 18.3 Å². The first-order chi connectivity index (χ1) is 8.78. The average Bonchev–Trinajstić information content (AvgIpc) is 2.93. The van der Waals surface area contributed by atoms with Gasteiger partial charge < -0.3 is 11.1 Å². The lowest BCUT2D eigenvalue weighted by Crippen LogP contribution is -2.03. The molecule has 1 aliphatic heterocycles. The number of carbonyl (C=O) groups excluding carboxylic acids is 1. The van der Waals surface area contributed by atoms with Crippen LogP contribution in [0.2, 0.25) is 0 Å². The molecule has 5 nitrogen and oxygen atoms in total. The summed E-state index contributed by atoms with van der Waals surface area (Å²) >= 11 is 0. The largest absolute Gasteiger partial charge is 0.330 e. The summed E-state index contributed by atoms with van der Waals surface area (Å²) in [7, 11) is 0. The highest BCUT2D eigenvalue weighted by molar-refractivity contribution is 5.99. The number of rotatable bonds is 3. The van der Waals surface area contributed by atoms with E-state index in [4.69, 9.17) is 5.73 Å². The molecule has 2 heterocycles. The van der Waals surface area contributed by atoms with E-state index in [1.807, 2.05) is 18.2 Å². The van der Waals surface area contributed by atoms with Crippen molar-refractivity contribution in [3.8, 4) is 11.3 Å². The van der Waals surface area contributed by atoms with Gasteiger partial charge in [-0.2, -0.15) is 5.10 Å². The molecule has 0 atom stereocenters. The van der Waals surface area contributed by atoms with Crippen LogP contribution in [-0.4, -0.2) is 22.6 Å². The molecule has 0 radical (unpaired) electrons. The number of aromatic nitrogens is 2. The number of anilines is 1. The van der Waals surface area contributed by atoms with Crippen molar-refractivity contribution in [2.24, 2.45) is 5.73 Å². The van der Waals surface area contributed by atoms with E-state index in [-0.39, 0.29) is 5.91 Å². The van der Waals surface area contributed by atoms with E-state index in [0.29, 0.717) is 13.0 Å². The second-order valence-corrected chi connectivity index (χ2v) is 4.41. The number of hydrogen-bond acceptors (Lipinski definition) is 3. The third kappa shape index (κ3) is 1.78. The van der Waals surface area contributed by atoms with Gasteiger partial charge in [0.15, 0.2) is 0 Å². The summed E-state index contributed by atoms with van der Waals surface area (Å²) in [5, 5.41) is 9.89. The fraction of sp³-hybridized carbons (Fsp3) is 0.231. The molecule has 0 unspecified atom stereocenters. The van der Waals surface area contributed by atoms with Gasteiger partial charge >= 0.3 is 0 Å². The maximum absolute atomic E-state index is 11.3. The molecule has 1 aromatic carbocycles. The number of fused-ring (bicyclic) bond motifs is 1. The van der Waals surface area contributed by atoms with Crippen molar-refractivity contribution >= 4 is 11.6 Å². The summed E-state index contributed by atoms with van der Waals surface area (Å²) in [6, 6.07) is 5.95. The van der Waals surface area contributed by atoms with Crippen LogP contribution in [0.5, 0.6) is 0 Å². The Balaban J connectivity index is 2.00. The summed E-state index contributed by atoms with van der Waals surface area (Å²) in [6.45, 7) is 0.595. The standard InChI is InChI=1S/C13H14N4O/c14-4-3-9-7-15-17-13(9)8-1-2-11-10(5-8)6-12(18)16-11/h1-2,5,7H,3-4,6,14H2,(H,15,17)(H,16,18). The molecule has 5 heteroatoms. The smallest absolute Gasteiger partial charge is 0.228 e. The summed E-state index contributed by atoms with van der Waals surface area (Å²) in [5.74, 6) is 0.0499. The van der Waals surface area contributed by atoms with Crippen LogP contribution in [-0.2, 0) is 17.6 Å². The van der Waals surface area contributed by atoms with Crippen molar-refractivity contribution in [3.05, 3.63) is 35.5 Å². The van der Waals surface area contributed by atoms with Crippen LogP contribution in [0.3, 0.4) is 0 Å². The van der Waals surface area contributed by atoms with E-state index in [9.17, 15) is 4.79 Å². The molecule has 0 saturated carbocycles. The minimum absolute atomic E-state index is 0.0499. The first-order valence-electron chi connectivity index (χ1n) is 5.93. The highest BCUT2D eigenvalue weighted by atomic mass is 16.1. The lowest BCUT2D eigenvalue weighted by Gasteiger charge is -2.04. The predicted octanol–water partition coefficient (Wildman–Crippen LogP) is 1.07. The minimum Gasteiger partial charge on any atom is -0.330 e. The van der Waals surface area contributed by atoms with E-state index in [2.05, 4.69) is 15.5 Å². The van der Waals surface area contributed by atoms with Crippen molar-refractivity contribution in [1.29, 1.82) is 0 Å². The van der Waals surface area contributed by atoms with Crippen LogP contribution in [0, 0.1) is 0 Å². The number of nitrogens with one attached hydrogen (secondary N) is 2. The van der Waals surface area contributed by atoms with Gasteiger partial charge in [0, 0.05) is 11.3 Å². The quantitative estimate of drug-likeness (QED) is 0.752. The molecule has 0 bridgehead atoms. The van der Waals surface area contributed by atoms with Gasteiger partial charge in [0.1, 0.15) is 0 Å². The Bertz CT molecular complexity index is 603. The normalized spacial score (nSPS) is 13.5.